The van der Waals surface area contributed by atoms with Crippen LogP contribution in [-0.4, -0.2) is 37.1 Å². The molecule has 3 atom stereocenters. The molecule has 2 saturated carbocycles. The second-order valence-electron chi connectivity index (χ2n) is 8.66. The molecular weight excluding hydrogens is 244 g/mol. The summed E-state index contributed by atoms with van der Waals surface area (Å²) in [5, 5.41) is 3.95. The molecule has 2 heteroatoms. The van der Waals surface area contributed by atoms with Crippen molar-refractivity contribution in [2.24, 2.45) is 11.3 Å². The van der Waals surface area contributed by atoms with Gasteiger partial charge in [0.15, 0.2) is 0 Å². The molecule has 0 aromatic rings. The molecule has 2 fully saturated rings. The van der Waals surface area contributed by atoms with E-state index in [1.54, 1.807) is 0 Å². The number of hydrogen-bond acceptors (Lipinski definition) is 2. The Morgan fingerprint density at radius 1 is 1.05 bits per heavy atom. The summed E-state index contributed by atoms with van der Waals surface area (Å²) < 4.78 is 0. The molecule has 0 spiro atoms. The van der Waals surface area contributed by atoms with E-state index in [4.69, 9.17) is 0 Å². The van der Waals surface area contributed by atoms with Crippen molar-refractivity contribution in [1.29, 1.82) is 0 Å². The minimum atomic E-state index is 0.402. The van der Waals surface area contributed by atoms with Gasteiger partial charge in [-0.1, -0.05) is 40.0 Å². The molecule has 0 radical (unpaired) electrons. The zero-order valence-corrected chi connectivity index (χ0v) is 14.5. The van der Waals surface area contributed by atoms with Crippen LogP contribution in [0.3, 0.4) is 0 Å². The highest BCUT2D eigenvalue weighted by Crippen LogP contribution is 2.37. The van der Waals surface area contributed by atoms with Gasteiger partial charge in [0, 0.05) is 18.1 Å². The molecule has 2 nitrogen and oxygen atoms in total. The van der Waals surface area contributed by atoms with E-state index in [1.807, 2.05) is 0 Å². The molecule has 2 aliphatic carbocycles. The van der Waals surface area contributed by atoms with E-state index in [0.29, 0.717) is 11.0 Å². The Hall–Kier alpha value is -0.0800. The van der Waals surface area contributed by atoms with E-state index < -0.39 is 0 Å². The van der Waals surface area contributed by atoms with Crippen LogP contribution in [0.15, 0.2) is 0 Å². The Balaban J connectivity index is 1.92. The van der Waals surface area contributed by atoms with Gasteiger partial charge in [-0.15, -0.1) is 0 Å². The molecule has 2 aliphatic rings. The van der Waals surface area contributed by atoms with E-state index >= 15 is 0 Å². The average Bonchev–Trinajstić information content (AvgIpc) is 2.35. The first-order valence-corrected chi connectivity index (χ1v) is 8.74. The molecule has 20 heavy (non-hydrogen) atoms. The van der Waals surface area contributed by atoms with Crippen LogP contribution < -0.4 is 5.32 Å². The van der Waals surface area contributed by atoms with Crippen molar-refractivity contribution >= 4 is 0 Å². The van der Waals surface area contributed by atoms with Crippen molar-refractivity contribution in [2.75, 3.05) is 20.6 Å². The fourth-order valence-electron chi connectivity index (χ4n) is 4.56. The van der Waals surface area contributed by atoms with Crippen LogP contribution in [0.2, 0.25) is 0 Å². The van der Waals surface area contributed by atoms with Crippen LogP contribution in [0.5, 0.6) is 0 Å². The summed E-state index contributed by atoms with van der Waals surface area (Å²) in [5.41, 5.74) is 0.945. The van der Waals surface area contributed by atoms with Crippen LogP contribution >= 0.6 is 0 Å². The Morgan fingerprint density at radius 3 is 2.35 bits per heavy atom. The smallest absolute Gasteiger partial charge is 0.0330 e. The molecule has 118 valence electrons. The predicted octanol–water partition coefficient (Wildman–Crippen LogP) is 4.06. The van der Waals surface area contributed by atoms with E-state index in [9.17, 15) is 0 Å². The van der Waals surface area contributed by atoms with E-state index in [1.165, 1.54) is 57.9 Å². The lowest BCUT2D eigenvalue weighted by Gasteiger charge is -2.47. The quantitative estimate of drug-likeness (QED) is 0.835. The third kappa shape index (κ3) is 3.98. The predicted molar refractivity (Wildman–Crippen MR) is 88.1 cm³/mol. The largest absolute Gasteiger partial charge is 0.312 e. The Kier molecular flexibility index (Phi) is 5.18. The van der Waals surface area contributed by atoms with Gasteiger partial charge < -0.3 is 10.2 Å². The van der Waals surface area contributed by atoms with Crippen molar-refractivity contribution < 1.29 is 0 Å². The standard InChI is InChI=1S/C18H36N2/c1-15-8-6-11-18(12-15,20(4)5)14-19-16-9-7-10-17(2,3)13-16/h15-16,19H,6-14H2,1-5H3. The molecule has 0 bridgehead atoms. The molecule has 0 heterocycles. The monoisotopic (exact) mass is 280 g/mol. The van der Waals surface area contributed by atoms with E-state index in [-0.39, 0.29) is 0 Å². The molecule has 3 unspecified atom stereocenters. The van der Waals surface area contributed by atoms with E-state index in [0.717, 1.165) is 12.0 Å². The minimum Gasteiger partial charge on any atom is -0.312 e. The number of nitrogens with zero attached hydrogens (tertiary/aromatic N) is 1. The number of nitrogens with one attached hydrogen (secondary N) is 1. The van der Waals surface area contributed by atoms with E-state index in [2.05, 4.69) is 45.1 Å². The van der Waals surface area contributed by atoms with Crippen molar-refractivity contribution in [3.8, 4) is 0 Å². The first-order chi connectivity index (χ1) is 9.33. The lowest BCUT2D eigenvalue weighted by atomic mass is 9.73. The zero-order valence-electron chi connectivity index (χ0n) is 14.5. The van der Waals surface area contributed by atoms with Crippen LogP contribution in [0.25, 0.3) is 0 Å². The van der Waals surface area contributed by atoms with Crippen molar-refractivity contribution in [3.63, 3.8) is 0 Å². The van der Waals surface area contributed by atoms with Gasteiger partial charge in [0.1, 0.15) is 0 Å². The minimum absolute atomic E-state index is 0.402. The molecule has 0 amide bonds. The van der Waals surface area contributed by atoms with Crippen molar-refractivity contribution in [2.45, 2.75) is 83.7 Å². The summed E-state index contributed by atoms with van der Waals surface area (Å²) in [6.07, 6.45) is 11.1. The summed E-state index contributed by atoms with van der Waals surface area (Å²) in [7, 11) is 4.56. The molecule has 0 saturated heterocycles. The van der Waals surface area contributed by atoms with Gasteiger partial charge in [-0.3, -0.25) is 0 Å². The topological polar surface area (TPSA) is 15.3 Å². The molecular formula is C18H36N2. The summed E-state index contributed by atoms with van der Waals surface area (Å²) >= 11 is 0. The molecule has 0 aromatic heterocycles. The highest BCUT2D eigenvalue weighted by Gasteiger charge is 2.38. The van der Waals surface area contributed by atoms with Crippen LogP contribution in [0, 0.1) is 11.3 Å². The summed E-state index contributed by atoms with van der Waals surface area (Å²) in [6, 6.07) is 0.743. The van der Waals surface area contributed by atoms with Crippen LogP contribution in [0.4, 0.5) is 0 Å². The SMILES string of the molecule is CC1CCCC(CNC2CCCC(C)(C)C2)(N(C)C)C1. The molecule has 1 N–H and O–H groups in total. The third-order valence-electron chi connectivity index (χ3n) is 5.94. The summed E-state index contributed by atoms with van der Waals surface area (Å²) in [4.78, 5) is 2.50. The van der Waals surface area contributed by atoms with Gasteiger partial charge in [-0.05, 0) is 57.5 Å². The maximum absolute atomic E-state index is 3.95. The molecule has 0 aliphatic heterocycles. The average molecular weight is 280 g/mol. The van der Waals surface area contributed by atoms with Crippen LogP contribution in [-0.2, 0) is 0 Å². The Labute approximate surface area is 126 Å². The van der Waals surface area contributed by atoms with Crippen molar-refractivity contribution in [3.05, 3.63) is 0 Å². The number of likely N-dealkylation sites (N-methyl/N-ethyl adjacent to an activating group) is 1. The Morgan fingerprint density at radius 2 is 1.75 bits per heavy atom. The second-order valence-corrected chi connectivity index (χ2v) is 8.66. The van der Waals surface area contributed by atoms with Crippen LogP contribution in [0.1, 0.15) is 72.1 Å². The van der Waals surface area contributed by atoms with Gasteiger partial charge in [-0.25, -0.2) is 0 Å². The highest BCUT2D eigenvalue weighted by molar-refractivity contribution is 4.96. The highest BCUT2D eigenvalue weighted by atomic mass is 15.2. The summed E-state index contributed by atoms with van der Waals surface area (Å²) in [5.74, 6) is 0.885. The maximum atomic E-state index is 3.95. The second kappa shape index (κ2) is 6.36. The van der Waals surface area contributed by atoms with Crippen molar-refractivity contribution in [1.82, 2.24) is 10.2 Å². The van der Waals surface area contributed by atoms with Gasteiger partial charge >= 0.3 is 0 Å². The first kappa shape index (κ1) is 16.3. The lowest BCUT2D eigenvalue weighted by molar-refractivity contribution is 0.0667. The number of rotatable bonds is 4. The third-order valence-corrected chi connectivity index (χ3v) is 5.94. The summed E-state index contributed by atoms with van der Waals surface area (Å²) in [6.45, 7) is 8.49. The maximum Gasteiger partial charge on any atom is 0.0330 e. The van der Waals surface area contributed by atoms with Gasteiger partial charge in [0.2, 0.25) is 0 Å². The first-order valence-electron chi connectivity index (χ1n) is 8.74. The lowest BCUT2D eigenvalue weighted by Crippen LogP contribution is -2.56. The van der Waals surface area contributed by atoms with Gasteiger partial charge in [-0.2, -0.15) is 0 Å². The number of hydrogen-bond donors (Lipinski definition) is 1. The fourth-order valence-corrected chi connectivity index (χ4v) is 4.56. The zero-order chi connectivity index (χ0) is 14.8. The fraction of sp³-hybridized carbons (Fsp3) is 1.00. The molecule has 2 rings (SSSR count). The van der Waals surface area contributed by atoms with Gasteiger partial charge in [0.05, 0.1) is 0 Å². The normalized spacial score (nSPS) is 38.1. The van der Waals surface area contributed by atoms with Gasteiger partial charge in [0.25, 0.3) is 0 Å². The molecule has 0 aromatic carbocycles. The Bertz CT molecular complexity index is 311.